The molecule has 0 radical (unpaired) electrons. The molecule has 1 aromatic carbocycles. The highest BCUT2D eigenvalue weighted by Gasteiger charge is 2.31. The van der Waals surface area contributed by atoms with Gasteiger partial charge in [-0.05, 0) is 30.0 Å². The third-order valence-electron chi connectivity index (χ3n) is 3.74. The first-order chi connectivity index (χ1) is 11.0. The van der Waals surface area contributed by atoms with Crippen LogP contribution in [0.2, 0.25) is 0 Å². The molecule has 2 aromatic rings. The van der Waals surface area contributed by atoms with Crippen LogP contribution in [-0.2, 0) is 11.6 Å². The fraction of sp³-hybridized carbons (Fsp3) is 0.353. The first-order valence-corrected chi connectivity index (χ1v) is 7.28. The molecule has 1 aromatic heterocycles. The van der Waals surface area contributed by atoms with Gasteiger partial charge in [0.25, 0.3) is 5.56 Å². The zero-order valence-electron chi connectivity index (χ0n) is 13.5. The highest BCUT2D eigenvalue weighted by Crippen LogP contribution is 2.33. The van der Waals surface area contributed by atoms with Crippen molar-refractivity contribution in [3.05, 3.63) is 63.3 Å². The number of nitrogens with zero attached hydrogens (tertiary/aromatic N) is 1. The number of hydrogen-bond donors (Lipinski definition) is 1. The minimum Gasteiger partial charge on any atom is -0.311 e. The number of hydrogen-bond acceptors (Lipinski definition) is 3. The van der Waals surface area contributed by atoms with Crippen LogP contribution in [0.4, 0.5) is 13.2 Å². The third-order valence-corrected chi connectivity index (χ3v) is 3.74. The second kappa shape index (κ2) is 6.22. The predicted octanol–water partition coefficient (Wildman–Crippen LogP) is 3.65. The molecule has 2 rings (SSSR count). The van der Waals surface area contributed by atoms with E-state index in [0.29, 0.717) is 11.4 Å². The summed E-state index contributed by atoms with van der Waals surface area (Å²) in [6.07, 6.45) is -4.38. The molecule has 0 aliphatic rings. The number of aryl methyl sites for hydroxylation is 1. The van der Waals surface area contributed by atoms with Gasteiger partial charge in [-0.25, -0.2) is 4.98 Å². The lowest BCUT2D eigenvalue weighted by Gasteiger charge is -2.24. The van der Waals surface area contributed by atoms with E-state index in [1.165, 1.54) is 12.1 Å². The molecule has 0 atom stereocenters. The number of aromatic nitrogens is 2. The number of rotatable bonds is 4. The SMILES string of the molecule is Cc1nc(C(=O)CC(C)(C)c2ccc(C(F)(F)F)cc2)cc(=O)[nH]1. The van der Waals surface area contributed by atoms with Crippen molar-refractivity contribution in [3.8, 4) is 0 Å². The summed E-state index contributed by atoms with van der Waals surface area (Å²) in [5.74, 6) is -0.00714. The van der Waals surface area contributed by atoms with Gasteiger partial charge in [-0.15, -0.1) is 0 Å². The minimum absolute atomic E-state index is 0.0221. The Balaban J connectivity index is 2.24. The van der Waals surface area contributed by atoms with Crippen LogP contribution >= 0.6 is 0 Å². The number of alkyl halides is 3. The van der Waals surface area contributed by atoms with Crippen LogP contribution in [-0.4, -0.2) is 15.8 Å². The lowest BCUT2D eigenvalue weighted by atomic mass is 9.79. The summed E-state index contributed by atoms with van der Waals surface area (Å²) < 4.78 is 37.9. The predicted molar refractivity (Wildman–Crippen MR) is 83.0 cm³/mol. The van der Waals surface area contributed by atoms with Crippen LogP contribution in [0.3, 0.4) is 0 Å². The smallest absolute Gasteiger partial charge is 0.311 e. The normalized spacial score (nSPS) is 12.2. The second-order valence-electron chi connectivity index (χ2n) is 6.27. The largest absolute Gasteiger partial charge is 0.416 e. The molecule has 0 amide bonds. The van der Waals surface area contributed by atoms with E-state index in [2.05, 4.69) is 9.97 Å². The summed E-state index contributed by atoms with van der Waals surface area (Å²) in [5, 5.41) is 0. The third kappa shape index (κ3) is 4.10. The molecule has 1 N–H and O–H groups in total. The maximum absolute atomic E-state index is 12.6. The number of benzene rings is 1. The molecule has 0 aliphatic carbocycles. The summed E-state index contributed by atoms with van der Waals surface area (Å²) in [5.41, 5.74) is -1.19. The van der Waals surface area contributed by atoms with Crippen LogP contribution in [0.25, 0.3) is 0 Å². The van der Waals surface area contributed by atoms with Crippen molar-refractivity contribution in [1.29, 1.82) is 0 Å². The Morgan fingerprint density at radius 1 is 1.12 bits per heavy atom. The van der Waals surface area contributed by atoms with E-state index in [1.54, 1.807) is 20.8 Å². The van der Waals surface area contributed by atoms with E-state index in [9.17, 15) is 22.8 Å². The summed E-state index contributed by atoms with van der Waals surface area (Å²) in [4.78, 5) is 30.3. The average molecular weight is 338 g/mol. The Morgan fingerprint density at radius 3 is 2.17 bits per heavy atom. The zero-order chi connectivity index (χ0) is 18.1. The van der Waals surface area contributed by atoms with E-state index < -0.39 is 22.7 Å². The zero-order valence-corrected chi connectivity index (χ0v) is 13.5. The van der Waals surface area contributed by atoms with Gasteiger partial charge in [0, 0.05) is 12.5 Å². The molecule has 4 nitrogen and oxygen atoms in total. The number of ketones is 1. The van der Waals surface area contributed by atoms with Crippen molar-refractivity contribution in [3.63, 3.8) is 0 Å². The number of H-pyrrole nitrogens is 1. The quantitative estimate of drug-likeness (QED) is 0.866. The Kier molecular flexibility index (Phi) is 4.64. The maximum Gasteiger partial charge on any atom is 0.416 e. The number of carbonyl (C=O) groups is 1. The van der Waals surface area contributed by atoms with Gasteiger partial charge in [-0.2, -0.15) is 13.2 Å². The summed E-state index contributed by atoms with van der Waals surface area (Å²) in [6.45, 7) is 5.08. The first kappa shape index (κ1) is 17.9. The Bertz CT molecular complexity index is 806. The van der Waals surface area contributed by atoms with Crippen molar-refractivity contribution in [2.75, 3.05) is 0 Å². The van der Waals surface area contributed by atoms with E-state index in [4.69, 9.17) is 0 Å². The van der Waals surface area contributed by atoms with Gasteiger partial charge in [-0.3, -0.25) is 9.59 Å². The topological polar surface area (TPSA) is 62.8 Å². The molecular weight excluding hydrogens is 321 g/mol. The number of Topliss-reactive ketones (excluding diaryl/α,β-unsaturated/α-hetero) is 1. The fourth-order valence-electron chi connectivity index (χ4n) is 2.43. The molecule has 0 aliphatic heterocycles. The molecule has 24 heavy (non-hydrogen) atoms. The van der Waals surface area contributed by atoms with Crippen LogP contribution in [0.5, 0.6) is 0 Å². The summed E-state index contributed by atoms with van der Waals surface area (Å²) in [6, 6.07) is 5.85. The molecule has 0 fully saturated rings. The van der Waals surface area contributed by atoms with Gasteiger partial charge in [0.2, 0.25) is 0 Å². The standard InChI is InChI=1S/C17H17F3N2O2/c1-10-21-13(8-15(24)22-10)14(23)9-16(2,3)11-4-6-12(7-5-11)17(18,19)20/h4-8H,9H2,1-3H3,(H,21,22,24). The first-order valence-electron chi connectivity index (χ1n) is 7.28. The van der Waals surface area contributed by atoms with Gasteiger partial charge in [0.15, 0.2) is 5.78 Å². The van der Waals surface area contributed by atoms with Gasteiger partial charge >= 0.3 is 6.18 Å². The van der Waals surface area contributed by atoms with E-state index in [0.717, 1.165) is 18.2 Å². The van der Waals surface area contributed by atoms with Crippen LogP contribution < -0.4 is 5.56 Å². The summed E-state index contributed by atoms with van der Waals surface area (Å²) >= 11 is 0. The van der Waals surface area contributed by atoms with E-state index >= 15 is 0 Å². The average Bonchev–Trinajstić information content (AvgIpc) is 2.45. The minimum atomic E-state index is -4.40. The van der Waals surface area contributed by atoms with Gasteiger partial charge in [-0.1, -0.05) is 26.0 Å². The molecule has 0 saturated carbocycles. The molecular formula is C17H17F3N2O2. The monoisotopic (exact) mass is 338 g/mol. The van der Waals surface area contributed by atoms with Crippen molar-refractivity contribution in [1.82, 2.24) is 9.97 Å². The van der Waals surface area contributed by atoms with E-state index in [-0.39, 0.29) is 17.9 Å². The van der Waals surface area contributed by atoms with Crippen LogP contribution in [0.1, 0.15) is 47.7 Å². The molecule has 0 spiro atoms. The number of aromatic amines is 1. The van der Waals surface area contributed by atoms with Crippen LogP contribution in [0, 0.1) is 6.92 Å². The van der Waals surface area contributed by atoms with Gasteiger partial charge in [0.05, 0.1) is 5.56 Å². The Labute approximate surface area is 136 Å². The van der Waals surface area contributed by atoms with Crippen molar-refractivity contribution < 1.29 is 18.0 Å². The second-order valence-corrected chi connectivity index (χ2v) is 6.27. The van der Waals surface area contributed by atoms with Gasteiger partial charge < -0.3 is 4.98 Å². The Hall–Kier alpha value is -2.44. The molecule has 0 bridgehead atoms. The number of carbonyl (C=O) groups excluding carboxylic acids is 1. The van der Waals surface area contributed by atoms with Crippen molar-refractivity contribution in [2.24, 2.45) is 0 Å². The Morgan fingerprint density at radius 2 is 1.67 bits per heavy atom. The van der Waals surface area contributed by atoms with Gasteiger partial charge in [0.1, 0.15) is 11.5 Å². The van der Waals surface area contributed by atoms with Crippen molar-refractivity contribution in [2.45, 2.75) is 38.8 Å². The highest BCUT2D eigenvalue weighted by atomic mass is 19.4. The molecule has 7 heteroatoms. The number of halogens is 3. The lowest BCUT2D eigenvalue weighted by Crippen LogP contribution is -2.24. The number of nitrogens with one attached hydrogen (secondary N) is 1. The fourth-order valence-corrected chi connectivity index (χ4v) is 2.43. The highest BCUT2D eigenvalue weighted by molar-refractivity contribution is 5.95. The molecule has 1 heterocycles. The van der Waals surface area contributed by atoms with E-state index in [1.807, 2.05) is 0 Å². The summed E-state index contributed by atoms with van der Waals surface area (Å²) in [7, 11) is 0. The van der Waals surface area contributed by atoms with Crippen molar-refractivity contribution >= 4 is 5.78 Å². The van der Waals surface area contributed by atoms with Crippen LogP contribution in [0.15, 0.2) is 35.1 Å². The molecule has 0 saturated heterocycles. The maximum atomic E-state index is 12.6. The molecule has 0 unspecified atom stereocenters. The lowest BCUT2D eigenvalue weighted by molar-refractivity contribution is -0.137. The molecule has 128 valence electrons.